The average molecular weight is 322 g/mol. The minimum Gasteiger partial charge on any atom is -0.360 e. The van der Waals surface area contributed by atoms with Crippen LogP contribution in [0.1, 0.15) is 34.1 Å². The molecule has 2 rings (SSSR count). The number of hydrogen-bond donors (Lipinski definition) is 2. The number of nitrogens with one attached hydrogen (secondary N) is 2. The van der Waals surface area contributed by atoms with Crippen LogP contribution in [-0.4, -0.2) is 19.3 Å². The second kappa shape index (κ2) is 5.76. The van der Waals surface area contributed by atoms with Crippen molar-refractivity contribution in [2.75, 3.05) is 0 Å². The number of fused-ring (bicyclic) bond motifs is 1. The van der Waals surface area contributed by atoms with Crippen LogP contribution >= 0.6 is 0 Å². The Labute approximate surface area is 131 Å². The van der Waals surface area contributed by atoms with Crippen LogP contribution in [0.25, 0.3) is 10.9 Å². The number of H-pyrrole nitrogens is 1. The first-order valence-corrected chi connectivity index (χ1v) is 8.71. The largest absolute Gasteiger partial charge is 0.360 e. The monoisotopic (exact) mass is 322 g/mol. The SMILES string of the molecule is CC(CC(C)(C)C)C(=O)NS(=O)(=O)c1c[nH]c2ccccc12. The fraction of sp³-hybridized carbons (Fsp3) is 0.438. The molecule has 1 unspecified atom stereocenters. The quantitative estimate of drug-likeness (QED) is 0.908. The number of aromatic nitrogens is 1. The molecule has 2 N–H and O–H groups in total. The molecule has 1 aromatic heterocycles. The van der Waals surface area contributed by atoms with E-state index >= 15 is 0 Å². The lowest BCUT2D eigenvalue weighted by molar-refractivity contribution is -0.123. The van der Waals surface area contributed by atoms with E-state index in [0.29, 0.717) is 11.8 Å². The van der Waals surface area contributed by atoms with Gasteiger partial charge in [-0.2, -0.15) is 0 Å². The fourth-order valence-electron chi connectivity index (χ4n) is 2.57. The molecular weight excluding hydrogens is 300 g/mol. The number of aromatic amines is 1. The van der Waals surface area contributed by atoms with Crippen LogP contribution in [0.15, 0.2) is 35.4 Å². The maximum absolute atomic E-state index is 12.4. The van der Waals surface area contributed by atoms with Crippen LogP contribution in [0, 0.1) is 11.3 Å². The third kappa shape index (κ3) is 3.68. The van der Waals surface area contributed by atoms with E-state index in [1.807, 2.05) is 26.8 Å². The zero-order chi connectivity index (χ0) is 16.5. The topological polar surface area (TPSA) is 79.0 Å². The third-order valence-electron chi connectivity index (χ3n) is 3.44. The van der Waals surface area contributed by atoms with Gasteiger partial charge in [-0.3, -0.25) is 4.79 Å². The lowest BCUT2D eigenvalue weighted by atomic mass is 9.85. The van der Waals surface area contributed by atoms with Gasteiger partial charge in [0.05, 0.1) is 0 Å². The van der Waals surface area contributed by atoms with Crippen LogP contribution in [0.3, 0.4) is 0 Å². The zero-order valence-electron chi connectivity index (χ0n) is 13.3. The average Bonchev–Trinajstić information content (AvgIpc) is 2.80. The molecule has 0 saturated heterocycles. The minimum absolute atomic E-state index is 0.0404. The molecule has 0 aliphatic rings. The highest BCUT2D eigenvalue weighted by Crippen LogP contribution is 2.25. The van der Waals surface area contributed by atoms with Crippen molar-refractivity contribution in [2.45, 2.75) is 39.0 Å². The summed E-state index contributed by atoms with van der Waals surface area (Å²) in [5, 5.41) is 0.575. The van der Waals surface area contributed by atoms with E-state index in [0.717, 1.165) is 5.52 Å². The molecule has 2 aromatic rings. The van der Waals surface area contributed by atoms with Gasteiger partial charge in [0.15, 0.2) is 0 Å². The summed E-state index contributed by atoms with van der Waals surface area (Å²) >= 11 is 0. The summed E-state index contributed by atoms with van der Waals surface area (Å²) in [7, 11) is -3.87. The molecule has 0 radical (unpaired) electrons. The highest BCUT2D eigenvalue weighted by atomic mass is 32.2. The van der Waals surface area contributed by atoms with Gasteiger partial charge in [-0.15, -0.1) is 0 Å². The van der Waals surface area contributed by atoms with Gasteiger partial charge in [-0.05, 0) is 17.9 Å². The van der Waals surface area contributed by atoms with Gasteiger partial charge in [0.25, 0.3) is 10.0 Å². The van der Waals surface area contributed by atoms with Crippen LogP contribution in [-0.2, 0) is 14.8 Å². The van der Waals surface area contributed by atoms with E-state index in [-0.39, 0.29) is 16.2 Å². The molecule has 0 spiro atoms. The summed E-state index contributed by atoms with van der Waals surface area (Å²) in [6.45, 7) is 7.80. The number of carbonyl (C=O) groups is 1. The molecule has 6 heteroatoms. The normalized spacial score (nSPS) is 14.0. The molecule has 0 aliphatic carbocycles. The Morgan fingerprint density at radius 3 is 2.55 bits per heavy atom. The van der Waals surface area contributed by atoms with Gasteiger partial charge in [-0.25, -0.2) is 13.1 Å². The van der Waals surface area contributed by atoms with Crippen LogP contribution in [0.2, 0.25) is 0 Å². The van der Waals surface area contributed by atoms with E-state index in [9.17, 15) is 13.2 Å². The first kappa shape index (κ1) is 16.5. The van der Waals surface area contributed by atoms with Crippen molar-refractivity contribution in [3.8, 4) is 0 Å². The first-order valence-electron chi connectivity index (χ1n) is 7.23. The summed E-state index contributed by atoms with van der Waals surface area (Å²) in [6.07, 6.45) is 2.02. The Bertz CT molecular complexity index is 785. The van der Waals surface area contributed by atoms with E-state index in [1.165, 1.54) is 6.20 Å². The van der Waals surface area contributed by atoms with Crippen molar-refractivity contribution in [1.82, 2.24) is 9.71 Å². The predicted octanol–water partition coefficient (Wildman–Crippen LogP) is 3.05. The Hall–Kier alpha value is -1.82. The molecule has 22 heavy (non-hydrogen) atoms. The molecule has 0 fully saturated rings. The van der Waals surface area contributed by atoms with Crippen molar-refractivity contribution in [2.24, 2.45) is 11.3 Å². The third-order valence-corrected chi connectivity index (χ3v) is 4.83. The van der Waals surface area contributed by atoms with Crippen LogP contribution in [0.5, 0.6) is 0 Å². The predicted molar refractivity (Wildman–Crippen MR) is 86.9 cm³/mol. The summed E-state index contributed by atoms with van der Waals surface area (Å²) in [5.41, 5.74) is 0.680. The van der Waals surface area contributed by atoms with Crippen molar-refractivity contribution >= 4 is 26.8 Å². The summed E-state index contributed by atoms with van der Waals surface area (Å²) in [6, 6.07) is 7.08. The van der Waals surface area contributed by atoms with Gasteiger partial charge < -0.3 is 4.98 Å². The zero-order valence-corrected chi connectivity index (χ0v) is 14.1. The van der Waals surface area contributed by atoms with E-state index < -0.39 is 15.9 Å². The molecule has 1 heterocycles. The molecule has 0 aliphatic heterocycles. The molecule has 1 aromatic carbocycles. The number of hydrogen-bond acceptors (Lipinski definition) is 3. The molecule has 1 atom stereocenters. The maximum atomic E-state index is 12.4. The van der Waals surface area contributed by atoms with E-state index in [2.05, 4.69) is 9.71 Å². The number of para-hydroxylation sites is 1. The molecule has 120 valence electrons. The number of benzene rings is 1. The Morgan fingerprint density at radius 1 is 1.27 bits per heavy atom. The number of sulfonamides is 1. The summed E-state index contributed by atoms with van der Waals surface area (Å²) in [4.78, 5) is 15.2. The Balaban J connectivity index is 2.23. The minimum atomic E-state index is -3.87. The smallest absolute Gasteiger partial charge is 0.266 e. The standard InChI is InChI=1S/C16H22N2O3S/c1-11(9-16(2,3)4)15(19)18-22(20,21)14-10-17-13-8-6-5-7-12(13)14/h5-8,10-11,17H,9H2,1-4H3,(H,18,19). The highest BCUT2D eigenvalue weighted by Gasteiger charge is 2.26. The van der Waals surface area contributed by atoms with Gasteiger partial charge in [0.2, 0.25) is 5.91 Å². The maximum Gasteiger partial charge on any atom is 0.266 e. The first-order chi connectivity index (χ1) is 10.1. The van der Waals surface area contributed by atoms with Gasteiger partial charge in [0.1, 0.15) is 4.90 Å². The number of rotatable bonds is 4. The van der Waals surface area contributed by atoms with Crippen molar-refractivity contribution in [3.63, 3.8) is 0 Å². The fourth-order valence-corrected chi connectivity index (χ4v) is 3.82. The van der Waals surface area contributed by atoms with Crippen molar-refractivity contribution in [1.29, 1.82) is 0 Å². The van der Waals surface area contributed by atoms with Crippen LogP contribution < -0.4 is 4.72 Å². The molecule has 0 bridgehead atoms. The Kier molecular flexibility index (Phi) is 4.33. The van der Waals surface area contributed by atoms with E-state index in [1.54, 1.807) is 25.1 Å². The lowest BCUT2D eigenvalue weighted by Crippen LogP contribution is -2.36. The number of amides is 1. The van der Waals surface area contributed by atoms with Gasteiger partial charge >= 0.3 is 0 Å². The number of carbonyl (C=O) groups excluding carboxylic acids is 1. The lowest BCUT2D eigenvalue weighted by Gasteiger charge is -2.22. The summed E-state index contributed by atoms with van der Waals surface area (Å²) in [5.74, 6) is -0.847. The van der Waals surface area contributed by atoms with Gasteiger partial charge in [-0.1, -0.05) is 45.9 Å². The molecule has 0 saturated carbocycles. The van der Waals surface area contributed by atoms with Crippen molar-refractivity contribution < 1.29 is 13.2 Å². The molecule has 5 nitrogen and oxygen atoms in total. The summed E-state index contributed by atoms with van der Waals surface area (Å²) < 4.78 is 27.1. The Morgan fingerprint density at radius 2 is 1.91 bits per heavy atom. The molecule has 1 amide bonds. The van der Waals surface area contributed by atoms with Crippen molar-refractivity contribution in [3.05, 3.63) is 30.5 Å². The highest BCUT2D eigenvalue weighted by molar-refractivity contribution is 7.90. The second-order valence-electron chi connectivity index (χ2n) is 6.83. The van der Waals surface area contributed by atoms with E-state index in [4.69, 9.17) is 0 Å². The second-order valence-corrected chi connectivity index (χ2v) is 8.48. The van der Waals surface area contributed by atoms with Crippen LogP contribution in [0.4, 0.5) is 0 Å². The molecular formula is C16H22N2O3S. The van der Waals surface area contributed by atoms with Gasteiger partial charge in [0, 0.05) is 23.0 Å².